The number of aromatic nitrogens is 2. The molecule has 0 atom stereocenters. The molecule has 1 aliphatic rings. The zero-order valence-corrected chi connectivity index (χ0v) is 16.8. The molecule has 0 fully saturated rings. The Balaban J connectivity index is 1.73. The van der Waals surface area contributed by atoms with Crippen LogP contribution in [0, 0.1) is 0 Å². The fraction of sp³-hybridized carbons (Fsp3) is 0.300. The van der Waals surface area contributed by atoms with E-state index < -0.39 is 0 Å². The zero-order valence-electron chi connectivity index (χ0n) is 16.8. The molecule has 0 unspecified atom stereocenters. The van der Waals surface area contributed by atoms with Crippen molar-refractivity contribution < 1.29 is 18.7 Å². The number of hydrazine groups is 1. The number of allylic oxidation sites excluding steroid dienone is 2. The number of nitrogens with two attached hydrogens (primary N) is 1. The van der Waals surface area contributed by atoms with Gasteiger partial charge in [0, 0.05) is 26.1 Å². The summed E-state index contributed by atoms with van der Waals surface area (Å²) in [5, 5.41) is 10.7. The molecule has 10 heteroatoms. The lowest BCUT2D eigenvalue weighted by Crippen LogP contribution is -2.17. The van der Waals surface area contributed by atoms with Crippen molar-refractivity contribution in [3.05, 3.63) is 60.0 Å². The van der Waals surface area contributed by atoms with Crippen LogP contribution in [0.5, 0.6) is 0 Å². The summed E-state index contributed by atoms with van der Waals surface area (Å²) in [5.74, 6) is 5.50. The van der Waals surface area contributed by atoms with E-state index >= 15 is 0 Å². The third kappa shape index (κ3) is 5.83. The standard InChI is InChI=1S/C20H26N6O4/c1-28-12-13-29-11-10-26-14-17(19(25-26)16-4-2-3-8-22-16)24-20(27)18-6-5-15(30-18)7-9-23-21/h2-7,9,14,22-23H,8,10-13,21H2,1H3,(H,24,27)/b9-7+. The summed E-state index contributed by atoms with van der Waals surface area (Å²) in [7, 11) is 1.63. The SMILES string of the molecule is COCCOCCn1cc(NC(=O)c2ccc(/C=C/NN)o2)c(C2=CC=CCN2)n1. The molecule has 3 rings (SSSR count). The lowest BCUT2D eigenvalue weighted by molar-refractivity contribution is 0.0654. The highest BCUT2D eigenvalue weighted by Crippen LogP contribution is 2.23. The molecule has 0 aliphatic carbocycles. The number of hydrogen-bond donors (Lipinski definition) is 4. The first-order valence-corrected chi connectivity index (χ1v) is 9.50. The Bertz CT molecular complexity index is 928. The highest BCUT2D eigenvalue weighted by atomic mass is 16.5. The molecule has 2 aromatic heterocycles. The van der Waals surface area contributed by atoms with Gasteiger partial charge in [-0.15, -0.1) is 0 Å². The Morgan fingerprint density at radius 2 is 2.30 bits per heavy atom. The summed E-state index contributed by atoms with van der Waals surface area (Å²) < 4.78 is 17.7. The van der Waals surface area contributed by atoms with E-state index in [0.717, 1.165) is 5.70 Å². The summed E-state index contributed by atoms with van der Waals surface area (Å²) in [5.41, 5.74) is 4.42. The maximum Gasteiger partial charge on any atom is 0.291 e. The average molecular weight is 414 g/mol. The first-order chi connectivity index (χ1) is 14.7. The van der Waals surface area contributed by atoms with Crippen LogP contribution in [0.25, 0.3) is 11.8 Å². The molecular formula is C20H26N6O4. The number of dihydropyridines is 1. The minimum absolute atomic E-state index is 0.179. The third-order valence-corrected chi connectivity index (χ3v) is 4.17. The van der Waals surface area contributed by atoms with Gasteiger partial charge in [-0.2, -0.15) is 5.10 Å². The molecule has 3 heterocycles. The monoisotopic (exact) mass is 414 g/mol. The van der Waals surface area contributed by atoms with E-state index in [0.29, 0.717) is 50.1 Å². The predicted octanol–water partition coefficient (Wildman–Crippen LogP) is 1.33. The number of carbonyl (C=O) groups excluding carboxylic acids is 1. The topological polar surface area (TPSA) is 129 Å². The van der Waals surface area contributed by atoms with Crippen LogP contribution in [0.1, 0.15) is 22.0 Å². The van der Waals surface area contributed by atoms with Crippen LogP contribution in [0.3, 0.4) is 0 Å². The van der Waals surface area contributed by atoms with E-state index in [9.17, 15) is 4.79 Å². The molecule has 30 heavy (non-hydrogen) atoms. The van der Waals surface area contributed by atoms with Gasteiger partial charge in [0.2, 0.25) is 0 Å². The van der Waals surface area contributed by atoms with Crippen molar-refractivity contribution in [2.45, 2.75) is 6.54 Å². The number of ether oxygens (including phenoxy) is 2. The van der Waals surface area contributed by atoms with Gasteiger partial charge in [0.1, 0.15) is 11.5 Å². The molecule has 0 saturated carbocycles. The van der Waals surface area contributed by atoms with Gasteiger partial charge >= 0.3 is 0 Å². The number of methoxy groups -OCH3 is 1. The fourth-order valence-corrected chi connectivity index (χ4v) is 2.73. The Morgan fingerprint density at radius 3 is 3.07 bits per heavy atom. The largest absolute Gasteiger partial charge is 0.452 e. The molecule has 0 aromatic carbocycles. The number of rotatable bonds is 11. The molecule has 5 N–H and O–H groups in total. The predicted molar refractivity (Wildman–Crippen MR) is 113 cm³/mol. The molecule has 2 aromatic rings. The highest BCUT2D eigenvalue weighted by molar-refractivity contribution is 6.03. The van der Waals surface area contributed by atoms with Crippen molar-refractivity contribution in [2.24, 2.45) is 5.84 Å². The van der Waals surface area contributed by atoms with Crippen molar-refractivity contribution >= 4 is 23.4 Å². The second-order valence-electron chi connectivity index (χ2n) is 6.31. The number of furan rings is 1. The van der Waals surface area contributed by atoms with E-state index in [1.54, 1.807) is 36.2 Å². The summed E-state index contributed by atoms with van der Waals surface area (Å²) in [6.45, 7) is 2.76. The lowest BCUT2D eigenvalue weighted by atomic mass is 10.2. The quantitative estimate of drug-likeness (QED) is 0.246. The van der Waals surface area contributed by atoms with Crippen molar-refractivity contribution in [3.8, 4) is 0 Å². The second-order valence-corrected chi connectivity index (χ2v) is 6.31. The molecule has 0 radical (unpaired) electrons. The number of nitrogens with one attached hydrogen (secondary N) is 3. The van der Waals surface area contributed by atoms with E-state index in [2.05, 4.69) is 21.2 Å². The van der Waals surface area contributed by atoms with Crippen molar-refractivity contribution in [1.82, 2.24) is 20.5 Å². The molecule has 0 spiro atoms. The third-order valence-electron chi connectivity index (χ3n) is 4.17. The molecule has 0 bridgehead atoms. The van der Waals surface area contributed by atoms with Crippen LogP contribution >= 0.6 is 0 Å². The molecule has 0 saturated heterocycles. The normalized spacial score (nSPS) is 13.3. The minimum atomic E-state index is -0.376. The molecule has 10 nitrogen and oxygen atoms in total. The second kappa shape index (κ2) is 11.0. The van der Waals surface area contributed by atoms with Gasteiger partial charge in [-0.1, -0.05) is 12.2 Å². The maximum absolute atomic E-state index is 12.7. The molecular weight excluding hydrogens is 388 g/mol. The number of carbonyl (C=O) groups is 1. The van der Waals surface area contributed by atoms with Gasteiger partial charge in [-0.3, -0.25) is 15.3 Å². The maximum atomic E-state index is 12.7. The molecule has 160 valence electrons. The Hall–Kier alpha value is -3.34. The fourth-order valence-electron chi connectivity index (χ4n) is 2.73. The van der Waals surface area contributed by atoms with E-state index in [1.807, 2.05) is 18.2 Å². The van der Waals surface area contributed by atoms with Crippen LogP contribution in [0.4, 0.5) is 5.69 Å². The Labute approximate surface area is 174 Å². The Kier molecular flexibility index (Phi) is 7.84. The van der Waals surface area contributed by atoms with Crippen LogP contribution in [0.15, 0.2) is 47.2 Å². The van der Waals surface area contributed by atoms with Crippen LogP contribution in [-0.4, -0.2) is 49.2 Å². The summed E-state index contributed by atoms with van der Waals surface area (Å²) in [4.78, 5) is 12.7. The van der Waals surface area contributed by atoms with Crippen molar-refractivity contribution in [1.29, 1.82) is 0 Å². The Morgan fingerprint density at radius 1 is 1.40 bits per heavy atom. The summed E-state index contributed by atoms with van der Waals surface area (Å²) in [6.07, 6.45) is 10.8. The smallest absolute Gasteiger partial charge is 0.291 e. The van der Waals surface area contributed by atoms with Crippen LogP contribution in [0.2, 0.25) is 0 Å². The van der Waals surface area contributed by atoms with E-state index in [1.165, 1.54) is 6.20 Å². The zero-order chi connectivity index (χ0) is 21.2. The first kappa shape index (κ1) is 21.4. The summed E-state index contributed by atoms with van der Waals surface area (Å²) >= 11 is 0. The highest BCUT2D eigenvalue weighted by Gasteiger charge is 2.18. The minimum Gasteiger partial charge on any atom is -0.452 e. The lowest BCUT2D eigenvalue weighted by Gasteiger charge is -2.11. The van der Waals surface area contributed by atoms with Gasteiger partial charge in [0.25, 0.3) is 5.91 Å². The molecule has 1 amide bonds. The number of amides is 1. The van der Waals surface area contributed by atoms with Crippen molar-refractivity contribution in [3.63, 3.8) is 0 Å². The van der Waals surface area contributed by atoms with E-state index in [4.69, 9.17) is 19.7 Å². The van der Waals surface area contributed by atoms with Gasteiger partial charge < -0.3 is 30.0 Å². The first-order valence-electron chi connectivity index (χ1n) is 9.50. The summed E-state index contributed by atoms with van der Waals surface area (Å²) in [6, 6.07) is 3.28. The van der Waals surface area contributed by atoms with Gasteiger partial charge in [0.05, 0.1) is 37.7 Å². The number of nitrogens with zero attached hydrogens (tertiary/aromatic N) is 2. The van der Waals surface area contributed by atoms with Gasteiger partial charge in [0.15, 0.2) is 5.76 Å². The molecule has 1 aliphatic heterocycles. The van der Waals surface area contributed by atoms with Gasteiger partial charge in [-0.05, 0) is 24.3 Å². The van der Waals surface area contributed by atoms with E-state index in [-0.39, 0.29) is 11.7 Å². The average Bonchev–Trinajstić information content (AvgIpc) is 3.40. The van der Waals surface area contributed by atoms with Crippen LogP contribution in [-0.2, 0) is 16.0 Å². The number of anilines is 1. The van der Waals surface area contributed by atoms with Crippen molar-refractivity contribution in [2.75, 3.05) is 38.8 Å². The number of hydrogen-bond acceptors (Lipinski definition) is 8. The van der Waals surface area contributed by atoms with Gasteiger partial charge in [-0.25, -0.2) is 0 Å². The van der Waals surface area contributed by atoms with Crippen LogP contribution < -0.4 is 21.9 Å².